The van der Waals surface area contributed by atoms with E-state index >= 15 is 0 Å². The third kappa shape index (κ3) is 3.12. The summed E-state index contributed by atoms with van der Waals surface area (Å²) in [5, 5.41) is 21.4. The van der Waals surface area contributed by atoms with Crippen LogP contribution in [-0.2, 0) is 4.74 Å². The highest BCUT2D eigenvalue weighted by atomic mass is 16.6. The van der Waals surface area contributed by atoms with Crippen LogP contribution in [0.2, 0.25) is 0 Å². The van der Waals surface area contributed by atoms with Gasteiger partial charge in [0.25, 0.3) is 0 Å². The monoisotopic (exact) mass is 322 g/mol. The van der Waals surface area contributed by atoms with Crippen LogP contribution in [0.1, 0.15) is 66.2 Å². The van der Waals surface area contributed by atoms with E-state index in [9.17, 15) is 10.2 Å². The number of hydrogen-bond acceptors (Lipinski definition) is 3. The molecule has 2 aliphatic carbocycles. The molecule has 1 unspecified atom stereocenters. The lowest BCUT2D eigenvalue weighted by Gasteiger charge is -2.49. The highest BCUT2D eigenvalue weighted by Gasteiger charge is 2.62. The Morgan fingerprint density at radius 2 is 1.87 bits per heavy atom. The van der Waals surface area contributed by atoms with Crippen molar-refractivity contribution in [3.8, 4) is 0 Å². The Balaban J connectivity index is 1.93. The normalized spacial score (nSPS) is 51.1. The van der Waals surface area contributed by atoms with Crippen molar-refractivity contribution < 1.29 is 14.9 Å². The van der Waals surface area contributed by atoms with Crippen molar-refractivity contribution in [3.63, 3.8) is 0 Å². The first-order valence-electron chi connectivity index (χ1n) is 9.41. The Kier molecular flexibility index (Phi) is 4.44. The Labute approximate surface area is 141 Å². The van der Waals surface area contributed by atoms with Gasteiger partial charge in [-0.15, -0.1) is 0 Å². The van der Waals surface area contributed by atoms with E-state index in [4.69, 9.17) is 4.74 Å². The fourth-order valence-corrected chi connectivity index (χ4v) is 5.34. The first-order valence-corrected chi connectivity index (χ1v) is 9.41. The van der Waals surface area contributed by atoms with E-state index < -0.39 is 11.7 Å². The second-order valence-corrected chi connectivity index (χ2v) is 9.09. The first-order chi connectivity index (χ1) is 10.7. The minimum absolute atomic E-state index is 0.123. The van der Waals surface area contributed by atoms with Gasteiger partial charge in [-0.05, 0) is 81.6 Å². The third-order valence-electron chi connectivity index (χ3n) is 7.05. The molecule has 0 aromatic heterocycles. The van der Waals surface area contributed by atoms with Gasteiger partial charge in [0.15, 0.2) is 0 Å². The van der Waals surface area contributed by atoms with Gasteiger partial charge in [0.1, 0.15) is 0 Å². The molecule has 1 aliphatic heterocycles. The Morgan fingerprint density at radius 3 is 2.52 bits per heavy atom. The molecule has 0 aromatic rings. The number of aliphatic hydroxyl groups is 2. The van der Waals surface area contributed by atoms with Crippen LogP contribution in [-0.4, -0.2) is 33.6 Å². The SMILES string of the molecule is C=C1CC[C@@H]2C([C@@H](C(C)C)CC[C@@]2(C)O)[C@@H]2O[C@@]2(C)CC[C@@H]1O. The summed E-state index contributed by atoms with van der Waals surface area (Å²) in [5.74, 6) is 1.89. The van der Waals surface area contributed by atoms with Gasteiger partial charge in [0.05, 0.1) is 23.4 Å². The van der Waals surface area contributed by atoms with E-state index in [1.165, 1.54) is 0 Å². The molecule has 0 spiro atoms. The summed E-state index contributed by atoms with van der Waals surface area (Å²) in [7, 11) is 0. The van der Waals surface area contributed by atoms with Crippen LogP contribution >= 0.6 is 0 Å². The van der Waals surface area contributed by atoms with E-state index in [1.807, 2.05) is 6.92 Å². The lowest BCUT2D eigenvalue weighted by Crippen LogP contribution is -2.50. The molecule has 7 atom stereocenters. The summed E-state index contributed by atoms with van der Waals surface area (Å²) in [5.41, 5.74) is 0.170. The summed E-state index contributed by atoms with van der Waals surface area (Å²) < 4.78 is 6.21. The van der Waals surface area contributed by atoms with Crippen LogP contribution in [0, 0.1) is 23.7 Å². The summed E-state index contributed by atoms with van der Waals surface area (Å²) in [4.78, 5) is 0. The molecule has 2 saturated carbocycles. The van der Waals surface area contributed by atoms with Gasteiger partial charge in [-0.3, -0.25) is 0 Å². The smallest absolute Gasteiger partial charge is 0.0924 e. The fourth-order valence-electron chi connectivity index (χ4n) is 5.34. The van der Waals surface area contributed by atoms with Crippen molar-refractivity contribution >= 4 is 0 Å². The average molecular weight is 322 g/mol. The molecule has 23 heavy (non-hydrogen) atoms. The number of aliphatic hydroxyl groups excluding tert-OH is 1. The highest BCUT2D eigenvalue weighted by molar-refractivity contribution is 5.13. The minimum Gasteiger partial charge on any atom is -0.390 e. The van der Waals surface area contributed by atoms with Gasteiger partial charge in [0.2, 0.25) is 0 Å². The Hall–Kier alpha value is -0.380. The van der Waals surface area contributed by atoms with Gasteiger partial charge in [-0.1, -0.05) is 20.4 Å². The maximum atomic E-state index is 11.1. The van der Waals surface area contributed by atoms with Crippen LogP contribution in [0.25, 0.3) is 0 Å². The average Bonchev–Trinajstić information content (AvgIpc) is 3.13. The lowest BCUT2D eigenvalue weighted by molar-refractivity contribution is -0.0977. The minimum atomic E-state index is -0.632. The van der Waals surface area contributed by atoms with E-state index in [0.29, 0.717) is 17.8 Å². The molecule has 0 aromatic carbocycles. The number of fused-ring (bicyclic) bond motifs is 3. The second-order valence-electron chi connectivity index (χ2n) is 9.09. The van der Waals surface area contributed by atoms with Crippen LogP contribution in [0.15, 0.2) is 12.2 Å². The fraction of sp³-hybridized carbons (Fsp3) is 0.900. The zero-order valence-corrected chi connectivity index (χ0v) is 15.2. The Bertz CT molecular complexity index is 470. The molecule has 1 saturated heterocycles. The molecular weight excluding hydrogens is 288 g/mol. The van der Waals surface area contributed by atoms with Crippen molar-refractivity contribution in [1.82, 2.24) is 0 Å². The standard InChI is InChI=1S/C20H34O3/c1-12(2)14-8-10-19(4,22)15-7-6-13(3)16(21)9-11-20(5)18(23-20)17(14)15/h12,14-18,21-22H,3,6-11H2,1-2,4-5H3/t14-,15-,16+,17?,18+,19-,20+/m1/s1. The van der Waals surface area contributed by atoms with Gasteiger partial charge in [-0.25, -0.2) is 0 Å². The maximum Gasteiger partial charge on any atom is 0.0924 e. The van der Waals surface area contributed by atoms with Crippen molar-refractivity contribution in [2.45, 2.75) is 89.6 Å². The van der Waals surface area contributed by atoms with Gasteiger partial charge < -0.3 is 14.9 Å². The van der Waals surface area contributed by atoms with Crippen LogP contribution in [0.3, 0.4) is 0 Å². The van der Waals surface area contributed by atoms with E-state index in [-0.39, 0.29) is 17.6 Å². The summed E-state index contributed by atoms with van der Waals surface area (Å²) >= 11 is 0. The molecule has 1 heterocycles. The third-order valence-corrected chi connectivity index (χ3v) is 7.05. The van der Waals surface area contributed by atoms with Crippen LogP contribution in [0.5, 0.6) is 0 Å². The largest absolute Gasteiger partial charge is 0.390 e. The molecule has 3 nitrogen and oxygen atoms in total. The molecule has 3 heteroatoms. The van der Waals surface area contributed by atoms with Crippen molar-refractivity contribution in [2.75, 3.05) is 0 Å². The van der Waals surface area contributed by atoms with Crippen molar-refractivity contribution in [3.05, 3.63) is 12.2 Å². The Morgan fingerprint density at radius 1 is 1.17 bits per heavy atom. The molecule has 0 radical (unpaired) electrons. The number of ether oxygens (including phenoxy) is 1. The number of rotatable bonds is 1. The van der Waals surface area contributed by atoms with Gasteiger partial charge >= 0.3 is 0 Å². The number of epoxide rings is 1. The van der Waals surface area contributed by atoms with Crippen LogP contribution < -0.4 is 0 Å². The second kappa shape index (κ2) is 5.86. The van der Waals surface area contributed by atoms with E-state index in [1.54, 1.807) is 0 Å². The zero-order valence-electron chi connectivity index (χ0n) is 15.2. The summed E-state index contributed by atoms with van der Waals surface area (Å²) in [6, 6.07) is 0. The summed E-state index contributed by atoms with van der Waals surface area (Å²) in [6.07, 6.45) is 5.12. The molecule has 0 amide bonds. The number of hydrogen-bond donors (Lipinski definition) is 2. The summed E-state index contributed by atoms with van der Waals surface area (Å²) in [6.45, 7) is 12.9. The van der Waals surface area contributed by atoms with Gasteiger partial charge in [-0.2, -0.15) is 0 Å². The first kappa shape index (κ1) is 17.4. The predicted octanol–water partition coefficient (Wildman–Crippen LogP) is 3.68. The zero-order chi connectivity index (χ0) is 17.0. The molecular formula is C20H34O3. The quantitative estimate of drug-likeness (QED) is 0.572. The van der Waals surface area contributed by atoms with Crippen molar-refractivity contribution in [1.29, 1.82) is 0 Å². The topological polar surface area (TPSA) is 53.0 Å². The van der Waals surface area contributed by atoms with Gasteiger partial charge in [0, 0.05) is 0 Å². The molecule has 3 aliphatic rings. The molecule has 132 valence electrons. The highest BCUT2D eigenvalue weighted by Crippen LogP contribution is 2.57. The van der Waals surface area contributed by atoms with E-state index in [0.717, 1.165) is 44.1 Å². The lowest BCUT2D eigenvalue weighted by atomic mass is 9.58. The molecule has 2 N–H and O–H groups in total. The molecule has 3 rings (SSSR count). The predicted molar refractivity (Wildman–Crippen MR) is 92.1 cm³/mol. The van der Waals surface area contributed by atoms with Crippen LogP contribution in [0.4, 0.5) is 0 Å². The maximum absolute atomic E-state index is 11.1. The molecule has 0 bridgehead atoms. The molecule has 3 fully saturated rings. The van der Waals surface area contributed by atoms with Crippen molar-refractivity contribution in [2.24, 2.45) is 23.7 Å². The van der Waals surface area contributed by atoms with E-state index in [2.05, 4.69) is 27.4 Å².